The molecule has 28 heavy (non-hydrogen) atoms. The molecule has 8 nitrogen and oxygen atoms in total. The Morgan fingerprint density at radius 2 is 1.68 bits per heavy atom. The van der Waals surface area contributed by atoms with Gasteiger partial charge in [-0.15, -0.1) is 0 Å². The predicted octanol–water partition coefficient (Wildman–Crippen LogP) is 1.85. The number of carboxylic acids is 2. The fourth-order valence-corrected chi connectivity index (χ4v) is 2.85. The lowest BCUT2D eigenvalue weighted by Gasteiger charge is -2.34. The number of aliphatic carboxylic acids is 2. The molecule has 1 saturated heterocycles. The van der Waals surface area contributed by atoms with Crippen molar-refractivity contribution >= 4 is 29.4 Å². The average Bonchev–Trinajstić information content (AvgIpc) is 2.69. The number of benzene rings is 1. The predicted molar refractivity (Wildman–Crippen MR) is 102 cm³/mol. The first-order valence-electron chi connectivity index (χ1n) is 8.49. The number of carbonyl (C=O) groups is 3. The van der Waals surface area contributed by atoms with E-state index in [1.165, 1.54) is 5.56 Å². The number of rotatable bonds is 3. The monoisotopic (exact) mass is 405 g/mol. The smallest absolute Gasteiger partial charge is 0.414 e. The first kappa shape index (κ1) is 21.3. The second-order valence-electron chi connectivity index (χ2n) is 6.05. The molecule has 0 bridgehead atoms. The van der Waals surface area contributed by atoms with Gasteiger partial charge in [-0.1, -0.05) is 23.7 Å². The van der Waals surface area contributed by atoms with Gasteiger partial charge in [0.15, 0.2) is 0 Å². The van der Waals surface area contributed by atoms with Gasteiger partial charge in [-0.2, -0.15) is 0 Å². The SMILES string of the molecule is O=C(O)C(=O)O.O=C(c1cccc(Cl)c1)N1CCN(Cc2cccnc2)CC1. The number of hydrogen-bond donors (Lipinski definition) is 2. The minimum atomic E-state index is -1.82. The van der Waals surface area contributed by atoms with Crippen molar-refractivity contribution in [2.75, 3.05) is 26.2 Å². The summed E-state index contributed by atoms with van der Waals surface area (Å²) < 4.78 is 0. The molecule has 2 aromatic rings. The van der Waals surface area contributed by atoms with Gasteiger partial charge < -0.3 is 15.1 Å². The molecule has 0 aliphatic carbocycles. The van der Waals surface area contributed by atoms with Crippen molar-refractivity contribution < 1.29 is 24.6 Å². The van der Waals surface area contributed by atoms with Crippen LogP contribution in [0.3, 0.4) is 0 Å². The van der Waals surface area contributed by atoms with E-state index in [1.807, 2.05) is 29.3 Å². The van der Waals surface area contributed by atoms with Crippen molar-refractivity contribution in [2.24, 2.45) is 0 Å². The first-order chi connectivity index (χ1) is 13.4. The molecule has 0 spiro atoms. The number of piperazine rings is 1. The standard InChI is InChI=1S/C17H18ClN3O.C2H2O4/c18-16-5-1-4-15(11-16)17(22)21-9-7-20(8-10-21)13-14-3-2-6-19-12-14;3-1(4)2(5)6/h1-6,11-12H,7-10,13H2;(H,3,4)(H,5,6). The Labute approximate surface area is 167 Å². The lowest BCUT2D eigenvalue weighted by atomic mass is 10.1. The zero-order chi connectivity index (χ0) is 20.5. The summed E-state index contributed by atoms with van der Waals surface area (Å²) in [4.78, 5) is 39.0. The Balaban J connectivity index is 0.000000409. The third-order valence-electron chi connectivity index (χ3n) is 4.04. The minimum Gasteiger partial charge on any atom is -0.473 e. The largest absolute Gasteiger partial charge is 0.473 e. The maximum Gasteiger partial charge on any atom is 0.414 e. The molecule has 1 aliphatic heterocycles. The van der Waals surface area contributed by atoms with Gasteiger partial charge in [-0.3, -0.25) is 14.7 Å². The van der Waals surface area contributed by atoms with Crippen LogP contribution in [0.2, 0.25) is 5.02 Å². The highest BCUT2D eigenvalue weighted by Gasteiger charge is 2.22. The number of amides is 1. The highest BCUT2D eigenvalue weighted by Crippen LogP contribution is 2.15. The maximum absolute atomic E-state index is 12.5. The van der Waals surface area contributed by atoms with Gasteiger partial charge in [-0.25, -0.2) is 9.59 Å². The summed E-state index contributed by atoms with van der Waals surface area (Å²) >= 11 is 5.96. The molecule has 0 unspecified atom stereocenters. The normalized spacial score (nSPS) is 14.0. The van der Waals surface area contributed by atoms with Crippen molar-refractivity contribution in [3.05, 3.63) is 64.9 Å². The molecule has 1 aromatic heterocycles. The van der Waals surface area contributed by atoms with Crippen molar-refractivity contribution in [3.63, 3.8) is 0 Å². The van der Waals surface area contributed by atoms with E-state index in [1.54, 1.807) is 18.3 Å². The molecule has 0 atom stereocenters. The number of pyridine rings is 1. The van der Waals surface area contributed by atoms with Gasteiger partial charge in [0.05, 0.1) is 0 Å². The zero-order valence-electron chi connectivity index (χ0n) is 15.0. The summed E-state index contributed by atoms with van der Waals surface area (Å²) in [5.74, 6) is -3.59. The first-order valence-corrected chi connectivity index (χ1v) is 8.87. The molecule has 0 saturated carbocycles. The number of carbonyl (C=O) groups excluding carboxylic acids is 1. The van der Waals surface area contributed by atoms with Crippen LogP contribution in [0, 0.1) is 0 Å². The summed E-state index contributed by atoms with van der Waals surface area (Å²) in [5.41, 5.74) is 1.87. The highest BCUT2D eigenvalue weighted by molar-refractivity contribution is 6.31. The van der Waals surface area contributed by atoms with Crippen molar-refractivity contribution in [1.29, 1.82) is 0 Å². The summed E-state index contributed by atoms with van der Waals surface area (Å²) in [6.07, 6.45) is 3.68. The number of aromatic nitrogens is 1. The number of hydrogen-bond acceptors (Lipinski definition) is 5. The van der Waals surface area contributed by atoms with Crippen LogP contribution in [0.5, 0.6) is 0 Å². The van der Waals surface area contributed by atoms with Crippen molar-refractivity contribution in [2.45, 2.75) is 6.54 Å². The van der Waals surface area contributed by atoms with Gasteiger partial charge in [0.2, 0.25) is 0 Å². The fourth-order valence-electron chi connectivity index (χ4n) is 2.66. The van der Waals surface area contributed by atoms with E-state index in [-0.39, 0.29) is 5.91 Å². The lowest BCUT2D eigenvalue weighted by molar-refractivity contribution is -0.159. The van der Waals surface area contributed by atoms with Crippen LogP contribution in [0.25, 0.3) is 0 Å². The molecule has 148 valence electrons. The number of carboxylic acid groups (broad SMARTS) is 2. The molecular weight excluding hydrogens is 386 g/mol. The zero-order valence-corrected chi connectivity index (χ0v) is 15.7. The van der Waals surface area contributed by atoms with Gasteiger partial charge in [-0.05, 0) is 29.8 Å². The van der Waals surface area contributed by atoms with E-state index in [9.17, 15) is 4.79 Å². The quantitative estimate of drug-likeness (QED) is 0.749. The average molecular weight is 406 g/mol. The molecule has 9 heteroatoms. The molecule has 0 radical (unpaired) electrons. The second-order valence-corrected chi connectivity index (χ2v) is 6.49. The maximum atomic E-state index is 12.5. The third-order valence-corrected chi connectivity index (χ3v) is 4.28. The van der Waals surface area contributed by atoms with Crippen molar-refractivity contribution in [1.82, 2.24) is 14.8 Å². The topological polar surface area (TPSA) is 111 Å². The van der Waals surface area contributed by atoms with E-state index < -0.39 is 11.9 Å². The van der Waals surface area contributed by atoms with Crippen LogP contribution in [0.4, 0.5) is 0 Å². The summed E-state index contributed by atoms with van der Waals surface area (Å²) in [6, 6.07) is 11.2. The van der Waals surface area contributed by atoms with E-state index >= 15 is 0 Å². The Morgan fingerprint density at radius 1 is 1.00 bits per heavy atom. The van der Waals surface area contributed by atoms with Crippen LogP contribution in [-0.2, 0) is 16.1 Å². The molecule has 3 rings (SSSR count). The molecule has 1 amide bonds. The van der Waals surface area contributed by atoms with Gasteiger partial charge in [0.1, 0.15) is 0 Å². The van der Waals surface area contributed by atoms with Crippen molar-refractivity contribution in [3.8, 4) is 0 Å². The van der Waals surface area contributed by atoms with Crippen LogP contribution in [-0.4, -0.2) is 69.0 Å². The molecule has 2 heterocycles. The van der Waals surface area contributed by atoms with Gasteiger partial charge in [0.25, 0.3) is 5.91 Å². The number of halogens is 1. The molecular formula is C19H20ClN3O5. The van der Waals surface area contributed by atoms with E-state index in [4.69, 9.17) is 31.4 Å². The minimum absolute atomic E-state index is 0.0588. The molecule has 1 aromatic carbocycles. The van der Waals surface area contributed by atoms with Crippen LogP contribution in [0.1, 0.15) is 15.9 Å². The van der Waals surface area contributed by atoms with E-state index in [0.29, 0.717) is 10.6 Å². The Bertz CT molecular complexity index is 811. The van der Waals surface area contributed by atoms with Crippen LogP contribution in [0.15, 0.2) is 48.8 Å². The Morgan fingerprint density at radius 3 is 2.21 bits per heavy atom. The molecule has 2 N–H and O–H groups in total. The molecule has 1 aliphatic rings. The van der Waals surface area contributed by atoms with Crippen LogP contribution < -0.4 is 0 Å². The Kier molecular flexibility index (Phi) is 7.91. The summed E-state index contributed by atoms with van der Waals surface area (Å²) in [6.45, 7) is 4.12. The third kappa shape index (κ3) is 6.64. The number of nitrogens with zero attached hydrogens (tertiary/aromatic N) is 3. The second kappa shape index (κ2) is 10.4. The highest BCUT2D eigenvalue weighted by atomic mass is 35.5. The lowest BCUT2D eigenvalue weighted by Crippen LogP contribution is -2.48. The summed E-state index contributed by atoms with van der Waals surface area (Å²) in [5, 5.41) is 15.4. The van der Waals surface area contributed by atoms with Crippen LogP contribution >= 0.6 is 11.6 Å². The van der Waals surface area contributed by atoms with Gasteiger partial charge in [0, 0.05) is 55.7 Å². The van der Waals surface area contributed by atoms with Gasteiger partial charge >= 0.3 is 11.9 Å². The Hall–Kier alpha value is -2.97. The van der Waals surface area contributed by atoms with E-state index in [0.717, 1.165) is 32.7 Å². The molecule has 1 fully saturated rings. The summed E-state index contributed by atoms with van der Waals surface area (Å²) in [7, 11) is 0. The van der Waals surface area contributed by atoms with E-state index in [2.05, 4.69) is 16.0 Å². The fraction of sp³-hybridized carbons (Fsp3) is 0.263.